The summed E-state index contributed by atoms with van der Waals surface area (Å²) in [6, 6.07) is 5.95. The van der Waals surface area contributed by atoms with E-state index >= 15 is 0 Å². The number of anilines is 2. The highest BCUT2D eigenvalue weighted by atomic mass is 16.5. The van der Waals surface area contributed by atoms with Crippen LogP contribution in [-0.2, 0) is 25.5 Å². The van der Waals surface area contributed by atoms with Gasteiger partial charge in [-0.2, -0.15) is 0 Å². The molecule has 1 spiro atoms. The molecule has 6 rings (SSSR count). The average molecular weight is 421 g/mol. The Morgan fingerprint density at radius 3 is 2.81 bits per heavy atom. The molecule has 5 aliphatic rings. The largest absolute Gasteiger partial charge is 0.360 e. The second-order valence-corrected chi connectivity index (χ2v) is 9.56. The van der Waals surface area contributed by atoms with Gasteiger partial charge in [-0.3, -0.25) is 14.4 Å². The van der Waals surface area contributed by atoms with Crippen molar-refractivity contribution in [3.8, 4) is 0 Å². The second kappa shape index (κ2) is 6.66. The lowest BCUT2D eigenvalue weighted by molar-refractivity contribution is -0.137. The number of carbonyl (C=O) groups is 3. The van der Waals surface area contributed by atoms with E-state index in [1.54, 1.807) is 11.8 Å². The normalized spacial score (nSPS) is 33.3. The predicted octanol–water partition coefficient (Wildman–Crippen LogP) is 2.26. The molecule has 4 aliphatic heterocycles. The molecule has 1 saturated carbocycles. The van der Waals surface area contributed by atoms with Crippen LogP contribution in [0.3, 0.4) is 0 Å². The summed E-state index contributed by atoms with van der Waals surface area (Å²) in [7, 11) is 0. The van der Waals surface area contributed by atoms with Crippen LogP contribution in [-0.4, -0.2) is 53.5 Å². The first kappa shape index (κ1) is 19.0. The summed E-state index contributed by atoms with van der Waals surface area (Å²) in [4.78, 5) is 42.2. The molecule has 4 atom stereocenters. The van der Waals surface area contributed by atoms with Gasteiger partial charge in [0.05, 0.1) is 24.5 Å². The summed E-state index contributed by atoms with van der Waals surface area (Å²) in [5.41, 5.74) is 2.02. The molecule has 0 radical (unpaired) electrons. The molecule has 4 heterocycles. The minimum Gasteiger partial charge on any atom is -0.360 e. The Bertz CT molecular complexity index is 1010. The summed E-state index contributed by atoms with van der Waals surface area (Å²) in [5, 5.41) is 3.03. The first-order chi connectivity index (χ1) is 15.0. The maximum Gasteiger partial charge on any atom is 0.231 e. The van der Waals surface area contributed by atoms with Crippen LogP contribution in [0.15, 0.2) is 30.4 Å². The van der Waals surface area contributed by atoms with Crippen molar-refractivity contribution in [3.63, 3.8) is 0 Å². The summed E-state index contributed by atoms with van der Waals surface area (Å²) < 4.78 is 6.25. The smallest absolute Gasteiger partial charge is 0.231 e. The molecule has 7 nitrogen and oxygen atoms in total. The minimum absolute atomic E-state index is 0.0262. The van der Waals surface area contributed by atoms with Crippen LogP contribution >= 0.6 is 0 Å². The van der Waals surface area contributed by atoms with Gasteiger partial charge in [0, 0.05) is 30.9 Å². The number of ether oxygens (including phenoxy) is 1. The third-order valence-electron chi connectivity index (χ3n) is 7.82. The van der Waals surface area contributed by atoms with E-state index in [9.17, 15) is 14.4 Å². The van der Waals surface area contributed by atoms with Crippen molar-refractivity contribution >= 4 is 29.1 Å². The Balaban J connectivity index is 1.23. The van der Waals surface area contributed by atoms with E-state index in [2.05, 4.69) is 5.32 Å². The van der Waals surface area contributed by atoms with E-state index < -0.39 is 17.4 Å². The van der Waals surface area contributed by atoms with E-state index in [1.165, 1.54) is 0 Å². The van der Waals surface area contributed by atoms with Gasteiger partial charge in [-0.05, 0) is 43.0 Å². The van der Waals surface area contributed by atoms with Crippen molar-refractivity contribution in [3.05, 3.63) is 35.9 Å². The minimum atomic E-state index is -0.647. The summed E-state index contributed by atoms with van der Waals surface area (Å²) in [5.74, 6) is -1.01. The zero-order valence-corrected chi connectivity index (χ0v) is 17.7. The molecule has 0 aromatic heterocycles. The maximum absolute atomic E-state index is 13.4. The first-order valence-corrected chi connectivity index (χ1v) is 11.4. The Hall–Kier alpha value is -2.67. The van der Waals surface area contributed by atoms with Crippen LogP contribution in [0.5, 0.6) is 0 Å². The molecule has 1 N–H and O–H groups in total. The van der Waals surface area contributed by atoms with Gasteiger partial charge in [0.25, 0.3) is 0 Å². The number of nitrogens with zero attached hydrogens (tertiary/aromatic N) is 2. The third-order valence-corrected chi connectivity index (χ3v) is 7.82. The van der Waals surface area contributed by atoms with Crippen molar-refractivity contribution in [2.45, 2.75) is 56.8 Å². The van der Waals surface area contributed by atoms with Gasteiger partial charge in [-0.1, -0.05) is 25.0 Å². The van der Waals surface area contributed by atoms with Gasteiger partial charge >= 0.3 is 0 Å². The number of carbonyl (C=O) groups excluding carboxylic acids is 3. The van der Waals surface area contributed by atoms with E-state index in [0.29, 0.717) is 18.8 Å². The first-order valence-electron chi connectivity index (χ1n) is 11.4. The Kier molecular flexibility index (Phi) is 4.09. The molecule has 162 valence electrons. The van der Waals surface area contributed by atoms with E-state index in [1.807, 2.05) is 35.3 Å². The number of hydrogen-bond donors (Lipinski definition) is 1. The number of nitrogens with one attached hydrogen (secondary N) is 1. The zero-order chi connectivity index (χ0) is 21.3. The fourth-order valence-electron chi connectivity index (χ4n) is 6.38. The molecule has 1 aliphatic carbocycles. The SMILES string of the molecule is CC(=O)N1CCc2cc(NC(=O)[C@@H]3[C@H]4C(=O)N(C5CCCC5)C[C@@]45C=C[C@H]3O5)ccc21. The quantitative estimate of drug-likeness (QED) is 0.760. The van der Waals surface area contributed by atoms with Gasteiger partial charge in [-0.25, -0.2) is 0 Å². The molecule has 31 heavy (non-hydrogen) atoms. The molecule has 2 saturated heterocycles. The van der Waals surface area contributed by atoms with Crippen LogP contribution < -0.4 is 10.2 Å². The number of fused-ring (bicyclic) bond motifs is 2. The van der Waals surface area contributed by atoms with Crippen LogP contribution in [0.1, 0.15) is 38.2 Å². The maximum atomic E-state index is 13.4. The molecule has 1 aromatic carbocycles. The Labute approximate surface area is 181 Å². The third kappa shape index (κ3) is 2.72. The average Bonchev–Trinajstić information content (AvgIpc) is 3.54. The monoisotopic (exact) mass is 421 g/mol. The van der Waals surface area contributed by atoms with Crippen LogP contribution in [0.25, 0.3) is 0 Å². The highest BCUT2D eigenvalue weighted by Gasteiger charge is 2.67. The molecule has 7 heteroatoms. The molecule has 2 bridgehead atoms. The molecular formula is C24H27N3O4. The highest BCUT2D eigenvalue weighted by molar-refractivity contribution is 6.00. The summed E-state index contributed by atoms with van der Waals surface area (Å²) in [6.45, 7) is 2.80. The summed E-state index contributed by atoms with van der Waals surface area (Å²) in [6.07, 6.45) is 8.82. The lowest BCUT2D eigenvalue weighted by Crippen LogP contribution is -2.42. The van der Waals surface area contributed by atoms with Crippen LogP contribution in [0, 0.1) is 11.8 Å². The number of rotatable bonds is 3. The van der Waals surface area contributed by atoms with Crippen LogP contribution in [0.2, 0.25) is 0 Å². The predicted molar refractivity (Wildman–Crippen MR) is 114 cm³/mol. The lowest BCUT2D eigenvalue weighted by Gasteiger charge is -2.27. The van der Waals surface area contributed by atoms with E-state index in [-0.39, 0.29) is 29.9 Å². The number of amides is 3. The number of likely N-dealkylation sites (tertiary alicyclic amines) is 1. The highest BCUT2D eigenvalue weighted by Crippen LogP contribution is 2.53. The van der Waals surface area contributed by atoms with Crippen molar-refractivity contribution in [2.24, 2.45) is 11.8 Å². The topological polar surface area (TPSA) is 79.0 Å². The van der Waals surface area contributed by atoms with Gasteiger partial charge < -0.3 is 19.9 Å². The Morgan fingerprint density at radius 2 is 2.03 bits per heavy atom. The molecule has 3 amide bonds. The Morgan fingerprint density at radius 1 is 1.23 bits per heavy atom. The standard InChI is InChI=1S/C24H27N3O4/c1-14(28)26-11-9-15-12-16(6-7-18(15)26)25-22(29)20-19-8-10-24(31-19)13-27(23(30)21(20)24)17-4-2-3-5-17/h6-8,10,12,17,19-21H,2-5,9,11,13H2,1H3,(H,25,29)/t19-,20+,21+,24+/m1/s1. The van der Waals surface area contributed by atoms with Gasteiger partial charge in [-0.15, -0.1) is 0 Å². The second-order valence-electron chi connectivity index (χ2n) is 9.56. The summed E-state index contributed by atoms with van der Waals surface area (Å²) >= 11 is 0. The number of hydrogen-bond acceptors (Lipinski definition) is 4. The fraction of sp³-hybridized carbons (Fsp3) is 0.542. The van der Waals surface area contributed by atoms with Crippen molar-refractivity contribution in [1.29, 1.82) is 0 Å². The van der Waals surface area contributed by atoms with Crippen molar-refractivity contribution < 1.29 is 19.1 Å². The van der Waals surface area contributed by atoms with Gasteiger partial charge in [0.1, 0.15) is 5.60 Å². The van der Waals surface area contributed by atoms with Gasteiger partial charge in [0.2, 0.25) is 17.7 Å². The lowest BCUT2D eigenvalue weighted by atomic mass is 9.76. The molecule has 1 aromatic rings. The molecule has 3 fully saturated rings. The number of benzene rings is 1. The molecule has 0 unspecified atom stereocenters. The van der Waals surface area contributed by atoms with Crippen molar-refractivity contribution in [2.75, 3.05) is 23.3 Å². The van der Waals surface area contributed by atoms with E-state index in [4.69, 9.17) is 4.74 Å². The van der Waals surface area contributed by atoms with Crippen LogP contribution in [0.4, 0.5) is 11.4 Å². The van der Waals surface area contributed by atoms with Gasteiger partial charge in [0.15, 0.2) is 0 Å². The fourth-order valence-corrected chi connectivity index (χ4v) is 6.38. The molecular weight excluding hydrogens is 394 g/mol. The van der Waals surface area contributed by atoms with Crippen molar-refractivity contribution in [1.82, 2.24) is 4.90 Å². The van der Waals surface area contributed by atoms with E-state index in [0.717, 1.165) is 43.4 Å². The zero-order valence-electron chi connectivity index (χ0n) is 17.7.